The molecular formula is C29H26FeO2. The Hall–Kier alpha value is -1.96. The second-order valence-corrected chi connectivity index (χ2v) is 37.8. The van der Waals surface area contributed by atoms with E-state index in [1.165, 1.54) is 5.56 Å². The molecule has 12 rings (SSSR count). The molecule has 0 radical (unpaired) electrons. The number of fused-ring (bicyclic) bond motifs is 10. The maximum atomic E-state index is 14.0. The number of aryl methyl sites for hydroxylation is 1. The molecule has 3 heteroatoms. The SMILES string of the molecule is O=C(C=Cc1ccccc1)[C]12[CH]3[CH]4[CH]5[CH]1[Fe]45321678[CH]2[CH]1[CH]6[C]7(C(=O)CCCc1ccccc1)[CH]28. The Balaban J connectivity index is 0.961. The van der Waals surface area contributed by atoms with Gasteiger partial charge in [-0.1, -0.05) is 0 Å². The molecule has 10 aliphatic rings. The van der Waals surface area contributed by atoms with E-state index >= 15 is 0 Å². The average molecular weight is 462 g/mol. The van der Waals surface area contributed by atoms with Crippen LogP contribution in [0.5, 0.6) is 0 Å². The van der Waals surface area contributed by atoms with Crippen LogP contribution in [0.1, 0.15) is 24.0 Å². The monoisotopic (exact) mass is 462 g/mol. The van der Waals surface area contributed by atoms with E-state index in [0.717, 1.165) is 63.4 Å². The Labute approximate surface area is 177 Å². The number of Topliss-reactive ketones (excluding diaryl/α,β-unsaturated/α-hetero) is 1. The second-order valence-electron chi connectivity index (χ2n) is 14.6. The molecule has 10 fully saturated rings. The van der Waals surface area contributed by atoms with Gasteiger partial charge in [-0.05, 0) is 0 Å². The van der Waals surface area contributed by atoms with Gasteiger partial charge in [-0.3, -0.25) is 0 Å². The third-order valence-electron chi connectivity index (χ3n) is 18.6. The summed E-state index contributed by atoms with van der Waals surface area (Å²) in [6, 6.07) is 20.9. The van der Waals surface area contributed by atoms with Gasteiger partial charge in [0.05, 0.1) is 0 Å². The summed E-state index contributed by atoms with van der Waals surface area (Å²) in [5, 5.41) is 0. The Bertz CT molecular complexity index is 1790. The molecule has 8 atom stereocenters. The van der Waals surface area contributed by atoms with Crippen molar-refractivity contribution >= 4 is 17.6 Å². The van der Waals surface area contributed by atoms with E-state index in [9.17, 15) is 9.59 Å². The van der Waals surface area contributed by atoms with Crippen molar-refractivity contribution in [1.82, 2.24) is 0 Å². The first-order valence-electron chi connectivity index (χ1n) is 12.5. The number of hydrogen-bond acceptors (Lipinski definition) is 2. The van der Waals surface area contributed by atoms with Crippen LogP contribution in [0.3, 0.4) is 0 Å². The molecule has 0 N–H and O–H groups in total. The zero-order chi connectivity index (χ0) is 20.9. The van der Waals surface area contributed by atoms with Crippen molar-refractivity contribution in [3.05, 3.63) is 77.9 Å². The number of allylic oxidation sites excluding steroid dienone is 1. The topological polar surface area (TPSA) is 34.1 Å². The van der Waals surface area contributed by atoms with Crippen molar-refractivity contribution in [2.75, 3.05) is 0 Å². The summed E-state index contributed by atoms with van der Waals surface area (Å²) in [4.78, 5) is 35.1. The van der Waals surface area contributed by atoms with Crippen LogP contribution < -0.4 is 0 Å². The summed E-state index contributed by atoms with van der Waals surface area (Å²) < 4.78 is 0.246. The summed E-state index contributed by atoms with van der Waals surface area (Å²) in [7, 11) is 0. The molecular weight excluding hydrogens is 436 g/mol. The van der Waals surface area contributed by atoms with Crippen molar-refractivity contribution in [2.45, 2.75) is 66.4 Å². The predicted octanol–water partition coefficient (Wildman–Crippen LogP) is 6.99. The molecule has 8 unspecified atom stereocenters. The molecule has 0 aliphatic carbocycles. The summed E-state index contributed by atoms with van der Waals surface area (Å²) in [5.74, 6) is 1.16. The zero-order valence-corrected chi connectivity index (χ0v) is 18.9. The van der Waals surface area contributed by atoms with Gasteiger partial charge in [0.25, 0.3) is 0 Å². The fourth-order valence-corrected chi connectivity index (χ4v) is 95.9. The first-order chi connectivity index (χ1) is 15.4. The molecule has 0 amide bonds. The number of benzene rings is 2. The fraction of sp³-hybridized carbons (Fsp3) is 0.448. The fourth-order valence-electron chi connectivity index (χ4n) is 20.1. The van der Waals surface area contributed by atoms with Gasteiger partial charge >= 0.3 is 178 Å². The van der Waals surface area contributed by atoms with E-state index in [0.29, 0.717) is 11.6 Å². The molecule has 32 heavy (non-hydrogen) atoms. The third-order valence-corrected chi connectivity index (χ3v) is 61.3. The molecule has 2 aromatic rings. The number of hydrogen-bond donors (Lipinski definition) is 0. The van der Waals surface area contributed by atoms with Crippen LogP contribution in [0.2, 0.25) is 47.2 Å². The standard InChI is InChI=1S/C15H15O.C14H11O.Fe/c16-15(14-10-4-5-11-14)12-6-9-13-7-2-1-3-8-13;15-14(13-8-4-5-9-13)11-10-12-6-2-1-3-7-12;/h1-5,7-8,10-11H,6,9,12H2;1-11H;. The van der Waals surface area contributed by atoms with Crippen molar-refractivity contribution in [3.8, 4) is 0 Å². The Kier molecular flexibility index (Phi) is 0.954. The van der Waals surface area contributed by atoms with Crippen LogP contribution in [-0.4, -0.2) is 11.6 Å². The third kappa shape index (κ3) is 0.296. The second kappa shape index (κ2) is 2.03. The molecule has 2 nitrogen and oxygen atoms in total. The van der Waals surface area contributed by atoms with Gasteiger partial charge in [0, 0.05) is 0 Å². The summed E-state index contributed by atoms with van der Waals surface area (Å²) in [5.41, 5.74) is 2.47. The number of carbonyl (C=O) groups is 2. The molecule has 0 aromatic heterocycles. The van der Waals surface area contributed by atoms with Gasteiger partial charge in [0.15, 0.2) is 0 Å². The van der Waals surface area contributed by atoms with E-state index in [4.69, 9.17) is 0 Å². The van der Waals surface area contributed by atoms with Crippen LogP contribution in [0.4, 0.5) is 0 Å². The van der Waals surface area contributed by atoms with Crippen molar-refractivity contribution in [1.29, 1.82) is 0 Å². The van der Waals surface area contributed by atoms with Crippen LogP contribution in [0, 0.1) is 0 Å². The van der Waals surface area contributed by atoms with Crippen LogP contribution in [0.25, 0.3) is 6.08 Å². The van der Waals surface area contributed by atoms with E-state index in [-0.39, 0.29) is 8.63 Å². The molecule has 10 heterocycles. The van der Waals surface area contributed by atoms with Crippen LogP contribution >= 0.6 is 0 Å². The van der Waals surface area contributed by atoms with Gasteiger partial charge in [-0.25, -0.2) is 0 Å². The summed E-state index contributed by atoms with van der Waals surface area (Å²) >= 11 is 0. The minimum absolute atomic E-state index is 0.0920. The quantitative estimate of drug-likeness (QED) is 0.313. The van der Waals surface area contributed by atoms with Crippen LogP contribution in [-0.2, 0) is 22.5 Å². The molecule has 2 aromatic carbocycles. The molecule has 1 spiro atoms. The minimum atomic E-state index is -4.03. The molecule has 0 saturated carbocycles. The average Bonchev–Trinajstić information content (AvgIpc) is 3.77. The van der Waals surface area contributed by atoms with Gasteiger partial charge in [-0.2, -0.15) is 0 Å². The maximum absolute atomic E-state index is 14.0. The van der Waals surface area contributed by atoms with Crippen LogP contribution in [0.15, 0.2) is 66.7 Å². The van der Waals surface area contributed by atoms with Gasteiger partial charge in [0.1, 0.15) is 0 Å². The zero-order valence-electron chi connectivity index (χ0n) is 17.8. The van der Waals surface area contributed by atoms with Crippen molar-refractivity contribution < 1.29 is 16.1 Å². The number of carbonyl (C=O) groups excluding carboxylic acids is 2. The van der Waals surface area contributed by atoms with E-state index < -0.39 is 6.51 Å². The summed E-state index contributed by atoms with van der Waals surface area (Å²) in [6.45, 7) is -4.03. The van der Waals surface area contributed by atoms with E-state index in [2.05, 4.69) is 48.5 Å². The molecule has 10 aliphatic heterocycles. The Morgan fingerprint density at radius 3 is 1.94 bits per heavy atom. The van der Waals surface area contributed by atoms with Gasteiger partial charge in [0.2, 0.25) is 0 Å². The molecule has 162 valence electrons. The Morgan fingerprint density at radius 1 is 0.781 bits per heavy atom. The van der Waals surface area contributed by atoms with Crippen molar-refractivity contribution in [3.63, 3.8) is 0 Å². The number of ketones is 2. The van der Waals surface area contributed by atoms with Crippen molar-refractivity contribution in [2.24, 2.45) is 0 Å². The number of rotatable bonds is 8. The van der Waals surface area contributed by atoms with Gasteiger partial charge in [-0.15, -0.1) is 0 Å². The first kappa shape index (κ1) is 15.0. The van der Waals surface area contributed by atoms with Gasteiger partial charge < -0.3 is 0 Å². The van der Waals surface area contributed by atoms with E-state index in [1.807, 2.05) is 24.3 Å². The molecule has 0 bridgehead atoms. The molecule has 10 saturated heterocycles. The predicted molar refractivity (Wildman–Crippen MR) is 120 cm³/mol. The normalized spacial score (nSPS) is 71.0. The Morgan fingerprint density at radius 2 is 1.34 bits per heavy atom. The summed E-state index contributed by atoms with van der Waals surface area (Å²) in [6.07, 6.45) is 6.80. The first-order valence-corrected chi connectivity index (χ1v) is 18.7. The van der Waals surface area contributed by atoms with E-state index in [1.54, 1.807) is 0 Å².